The van der Waals surface area contributed by atoms with Crippen LogP contribution < -0.4 is 9.64 Å². The number of benzene rings is 1. The van der Waals surface area contributed by atoms with Crippen molar-refractivity contribution in [1.29, 1.82) is 0 Å². The largest absolute Gasteiger partial charge is 0.497 e. The molecule has 21 heavy (non-hydrogen) atoms. The highest BCUT2D eigenvalue weighted by Crippen LogP contribution is 2.41. The number of hydrogen-bond acceptors (Lipinski definition) is 4. The molecule has 1 atom stereocenters. The van der Waals surface area contributed by atoms with Gasteiger partial charge in [-0.15, -0.1) is 0 Å². The van der Waals surface area contributed by atoms with Gasteiger partial charge >= 0.3 is 5.97 Å². The van der Waals surface area contributed by atoms with Crippen LogP contribution in [0.3, 0.4) is 0 Å². The summed E-state index contributed by atoms with van der Waals surface area (Å²) in [6.45, 7) is 8.16. The lowest BCUT2D eigenvalue weighted by molar-refractivity contribution is -0.142. The van der Waals surface area contributed by atoms with Crippen LogP contribution in [0, 0.1) is 0 Å². The summed E-state index contributed by atoms with van der Waals surface area (Å²) < 4.78 is 10.2. The van der Waals surface area contributed by atoms with Crippen LogP contribution in [0.25, 0.3) is 5.57 Å². The molecule has 1 heterocycles. The molecule has 0 saturated heterocycles. The van der Waals surface area contributed by atoms with E-state index in [1.165, 1.54) is 12.7 Å². The zero-order valence-corrected chi connectivity index (χ0v) is 13.6. The maximum absolute atomic E-state index is 12.0. The van der Waals surface area contributed by atoms with Crippen LogP contribution in [-0.2, 0) is 9.53 Å². The predicted octanol–water partition coefficient (Wildman–Crippen LogP) is 3.26. The summed E-state index contributed by atoms with van der Waals surface area (Å²) in [5.41, 5.74) is 3.03. The Morgan fingerprint density at radius 3 is 2.52 bits per heavy atom. The maximum atomic E-state index is 12.0. The summed E-state index contributed by atoms with van der Waals surface area (Å²) in [6.07, 6.45) is 2.17. The number of methoxy groups -OCH3 is 2. The van der Waals surface area contributed by atoms with E-state index in [1.807, 2.05) is 25.1 Å². The zero-order chi connectivity index (χ0) is 15.8. The standard InChI is InChI=1S/C17H23NO3/c1-11-10-17(3,4)18(12(2)16(19)21-6)15-8-7-13(20-5)9-14(11)15/h7-10,12H,1-6H3/t12-/m0/s1. The number of anilines is 1. The predicted molar refractivity (Wildman–Crippen MR) is 84.7 cm³/mol. The number of hydrogen-bond donors (Lipinski definition) is 0. The number of carbonyl (C=O) groups excluding carboxylic acids is 1. The van der Waals surface area contributed by atoms with Crippen molar-refractivity contribution in [2.45, 2.75) is 39.3 Å². The molecule has 4 nitrogen and oxygen atoms in total. The lowest BCUT2D eigenvalue weighted by Crippen LogP contribution is -2.53. The molecule has 0 unspecified atom stereocenters. The minimum absolute atomic E-state index is 0.238. The van der Waals surface area contributed by atoms with E-state index in [-0.39, 0.29) is 17.6 Å². The zero-order valence-electron chi connectivity index (χ0n) is 13.6. The molecule has 1 aromatic rings. The fourth-order valence-electron chi connectivity index (χ4n) is 3.14. The number of fused-ring (bicyclic) bond motifs is 1. The minimum atomic E-state index is -0.360. The first-order chi connectivity index (χ1) is 9.81. The van der Waals surface area contributed by atoms with E-state index in [9.17, 15) is 4.79 Å². The van der Waals surface area contributed by atoms with Crippen LogP contribution in [0.15, 0.2) is 24.3 Å². The molecule has 1 aromatic carbocycles. The Morgan fingerprint density at radius 1 is 1.29 bits per heavy atom. The smallest absolute Gasteiger partial charge is 0.328 e. The minimum Gasteiger partial charge on any atom is -0.497 e. The molecule has 0 aromatic heterocycles. The van der Waals surface area contributed by atoms with Crippen molar-refractivity contribution >= 4 is 17.2 Å². The second kappa shape index (κ2) is 5.43. The lowest BCUT2D eigenvalue weighted by Gasteiger charge is -2.45. The number of allylic oxidation sites excluding steroid dienone is 1. The van der Waals surface area contributed by atoms with Crippen LogP contribution in [0.1, 0.15) is 33.3 Å². The van der Waals surface area contributed by atoms with Crippen LogP contribution in [0.4, 0.5) is 5.69 Å². The molecule has 0 fully saturated rings. The second-order valence-electron chi connectivity index (χ2n) is 5.93. The van der Waals surface area contributed by atoms with Gasteiger partial charge in [0.1, 0.15) is 11.8 Å². The van der Waals surface area contributed by atoms with Gasteiger partial charge in [-0.25, -0.2) is 4.79 Å². The SMILES string of the molecule is COC(=O)[C@H](C)N1c2ccc(OC)cc2C(C)=CC1(C)C. The average Bonchev–Trinajstić information content (AvgIpc) is 2.44. The van der Waals surface area contributed by atoms with Gasteiger partial charge in [0.15, 0.2) is 0 Å². The molecule has 4 heteroatoms. The van der Waals surface area contributed by atoms with E-state index in [0.717, 1.165) is 17.0 Å². The van der Waals surface area contributed by atoms with Crippen LogP contribution in [0.5, 0.6) is 5.75 Å². The molecule has 114 valence electrons. The highest BCUT2D eigenvalue weighted by atomic mass is 16.5. The van der Waals surface area contributed by atoms with Gasteiger partial charge in [-0.1, -0.05) is 6.08 Å². The Kier molecular flexibility index (Phi) is 3.99. The van der Waals surface area contributed by atoms with Gasteiger partial charge in [0, 0.05) is 11.3 Å². The molecule has 0 radical (unpaired) electrons. The van der Waals surface area contributed by atoms with Crippen LogP contribution in [-0.4, -0.2) is 31.8 Å². The highest BCUT2D eigenvalue weighted by molar-refractivity contribution is 5.87. The molecule has 0 spiro atoms. The number of nitrogens with zero attached hydrogens (tertiary/aromatic N) is 1. The summed E-state index contributed by atoms with van der Waals surface area (Å²) in [5.74, 6) is 0.574. The van der Waals surface area contributed by atoms with E-state index in [2.05, 4.69) is 31.7 Å². The van der Waals surface area contributed by atoms with Crippen molar-refractivity contribution in [2.24, 2.45) is 0 Å². The third kappa shape index (κ3) is 2.62. The molecule has 0 N–H and O–H groups in total. The third-order valence-corrected chi connectivity index (χ3v) is 4.01. The number of ether oxygens (including phenoxy) is 2. The van der Waals surface area contributed by atoms with Crippen LogP contribution in [0.2, 0.25) is 0 Å². The summed E-state index contributed by atoms with van der Waals surface area (Å²) in [6, 6.07) is 5.57. The van der Waals surface area contributed by atoms with Crippen molar-refractivity contribution in [3.05, 3.63) is 29.8 Å². The molecule has 0 aliphatic carbocycles. The Balaban J connectivity index is 2.58. The normalized spacial score (nSPS) is 17.6. The van der Waals surface area contributed by atoms with E-state index >= 15 is 0 Å². The first kappa shape index (κ1) is 15.4. The molecule has 1 aliphatic heterocycles. The maximum Gasteiger partial charge on any atom is 0.328 e. The first-order valence-corrected chi connectivity index (χ1v) is 7.07. The van der Waals surface area contributed by atoms with Gasteiger partial charge < -0.3 is 14.4 Å². The van der Waals surface area contributed by atoms with E-state index in [4.69, 9.17) is 9.47 Å². The third-order valence-electron chi connectivity index (χ3n) is 4.01. The Hall–Kier alpha value is -1.97. The summed E-state index contributed by atoms with van der Waals surface area (Å²) in [5, 5.41) is 0. The second-order valence-corrected chi connectivity index (χ2v) is 5.93. The highest BCUT2D eigenvalue weighted by Gasteiger charge is 2.37. The molecule has 2 rings (SSSR count). The van der Waals surface area contributed by atoms with Gasteiger partial charge in [-0.05, 0) is 51.5 Å². The summed E-state index contributed by atoms with van der Waals surface area (Å²) in [7, 11) is 3.08. The van der Waals surface area contributed by atoms with Crippen molar-refractivity contribution in [1.82, 2.24) is 0 Å². The first-order valence-electron chi connectivity index (χ1n) is 7.07. The molecular weight excluding hydrogens is 266 g/mol. The summed E-state index contributed by atoms with van der Waals surface area (Å²) >= 11 is 0. The molecule has 0 saturated carbocycles. The Morgan fingerprint density at radius 2 is 1.95 bits per heavy atom. The van der Waals surface area contributed by atoms with Crippen LogP contribution >= 0.6 is 0 Å². The molecular formula is C17H23NO3. The molecule has 0 amide bonds. The Labute approximate surface area is 126 Å². The van der Waals surface area contributed by atoms with Gasteiger partial charge in [-0.2, -0.15) is 0 Å². The fraction of sp³-hybridized carbons (Fsp3) is 0.471. The Bertz CT molecular complexity index is 590. The van der Waals surface area contributed by atoms with E-state index in [0.29, 0.717) is 0 Å². The van der Waals surface area contributed by atoms with Crippen molar-refractivity contribution < 1.29 is 14.3 Å². The lowest BCUT2D eigenvalue weighted by atomic mass is 9.87. The van der Waals surface area contributed by atoms with Gasteiger partial charge in [0.2, 0.25) is 0 Å². The van der Waals surface area contributed by atoms with Crippen molar-refractivity contribution in [2.75, 3.05) is 19.1 Å². The number of rotatable bonds is 3. The molecule has 1 aliphatic rings. The topological polar surface area (TPSA) is 38.8 Å². The quantitative estimate of drug-likeness (QED) is 0.801. The van der Waals surface area contributed by atoms with Crippen molar-refractivity contribution in [3.8, 4) is 5.75 Å². The van der Waals surface area contributed by atoms with Gasteiger partial charge in [-0.3, -0.25) is 0 Å². The van der Waals surface area contributed by atoms with Gasteiger partial charge in [0.25, 0.3) is 0 Å². The molecule has 0 bridgehead atoms. The number of carbonyl (C=O) groups is 1. The van der Waals surface area contributed by atoms with E-state index in [1.54, 1.807) is 7.11 Å². The number of esters is 1. The van der Waals surface area contributed by atoms with Gasteiger partial charge in [0.05, 0.1) is 19.8 Å². The van der Waals surface area contributed by atoms with Crippen molar-refractivity contribution in [3.63, 3.8) is 0 Å². The monoisotopic (exact) mass is 289 g/mol. The fourth-order valence-corrected chi connectivity index (χ4v) is 3.14. The van der Waals surface area contributed by atoms with E-state index < -0.39 is 0 Å². The summed E-state index contributed by atoms with van der Waals surface area (Å²) in [4.78, 5) is 14.1. The average molecular weight is 289 g/mol.